The minimum atomic E-state index is -0.755. The summed E-state index contributed by atoms with van der Waals surface area (Å²) in [7, 11) is 0. The van der Waals surface area contributed by atoms with Gasteiger partial charge in [0, 0.05) is 5.56 Å². The molecule has 1 aromatic carbocycles. The average Bonchev–Trinajstić information content (AvgIpc) is 2.18. The topological polar surface area (TPSA) is 89.4 Å². The minimum Gasteiger partial charge on any atom is -0.393 e. The largest absolute Gasteiger partial charge is 0.393 e. The number of halogens is 1. The lowest BCUT2D eigenvalue weighted by molar-refractivity contribution is -0.384. The number of benzene rings is 1. The third kappa shape index (κ3) is 2.50. The van der Waals surface area contributed by atoms with Gasteiger partial charge >= 0.3 is 0 Å². The molecule has 0 atom stereocenters. The van der Waals surface area contributed by atoms with E-state index in [1.54, 1.807) is 0 Å². The summed E-state index contributed by atoms with van der Waals surface area (Å²) in [5.41, 5.74) is 5.03. The second kappa shape index (κ2) is 4.52. The molecule has 0 spiro atoms. The summed E-state index contributed by atoms with van der Waals surface area (Å²) < 4.78 is 12.9. The average molecular weight is 212 g/mol. The van der Waals surface area contributed by atoms with Gasteiger partial charge in [0.2, 0.25) is 0 Å². The van der Waals surface area contributed by atoms with Crippen molar-refractivity contribution < 1.29 is 14.4 Å². The number of rotatable bonds is 3. The van der Waals surface area contributed by atoms with Gasteiger partial charge < -0.3 is 10.8 Å². The van der Waals surface area contributed by atoms with Crippen molar-refractivity contribution in [2.24, 2.45) is 0 Å². The fourth-order valence-electron chi connectivity index (χ4n) is 1.09. The third-order valence-corrected chi connectivity index (χ3v) is 1.75. The Labute approximate surface area is 84.8 Å². The standard InChI is InChI=1S/C9H9FN2O3/c10-7-4-6(2-1-3-13)9(11)8(5-7)12(14)15/h1-2,4-5,13H,3,11H2. The van der Waals surface area contributed by atoms with Crippen molar-refractivity contribution in [3.8, 4) is 0 Å². The van der Waals surface area contributed by atoms with Crippen molar-refractivity contribution in [1.29, 1.82) is 0 Å². The summed E-state index contributed by atoms with van der Waals surface area (Å²) in [5.74, 6) is -0.742. The molecule has 0 amide bonds. The second-order valence-corrected chi connectivity index (χ2v) is 2.77. The molecule has 0 bridgehead atoms. The van der Waals surface area contributed by atoms with Crippen LogP contribution >= 0.6 is 0 Å². The third-order valence-electron chi connectivity index (χ3n) is 1.75. The van der Waals surface area contributed by atoms with E-state index in [1.165, 1.54) is 12.2 Å². The van der Waals surface area contributed by atoms with Gasteiger partial charge in [0.1, 0.15) is 11.5 Å². The van der Waals surface area contributed by atoms with Crippen LogP contribution < -0.4 is 5.73 Å². The van der Waals surface area contributed by atoms with Gasteiger partial charge in [0.25, 0.3) is 5.69 Å². The zero-order valence-electron chi connectivity index (χ0n) is 7.68. The van der Waals surface area contributed by atoms with Crippen molar-refractivity contribution >= 4 is 17.5 Å². The minimum absolute atomic E-state index is 0.119. The van der Waals surface area contributed by atoms with Crippen LogP contribution in [-0.2, 0) is 0 Å². The van der Waals surface area contributed by atoms with Crippen LogP contribution in [0.15, 0.2) is 18.2 Å². The Kier molecular flexibility index (Phi) is 3.35. The van der Waals surface area contributed by atoms with Crippen LogP contribution in [0, 0.1) is 15.9 Å². The summed E-state index contributed by atoms with van der Waals surface area (Å²) in [6.07, 6.45) is 2.64. The molecule has 0 aliphatic heterocycles. The number of nitrogens with two attached hydrogens (primary N) is 1. The molecule has 0 saturated carbocycles. The molecule has 0 unspecified atom stereocenters. The van der Waals surface area contributed by atoms with Crippen LogP contribution in [0.4, 0.5) is 15.8 Å². The highest BCUT2D eigenvalue weighted by Crippen LogP contribution is 2.27. The van der Waals surface area contributed by atoms with Crippen molar-refractivity contribution in [2.75, 3.05) is 12.3 Å². The predicted octanol–water partition coefficient (Wildman–Crippen LogP) is 1.32. The number of aliphatic hydroxyl groups excluding tert-OH is 1. The highest BCUT2D eigenvalue weighted by Gasteiger charge is 2.15. The molecule has 0 aromatic heterocycles. The van der Waals surface area contributed by atoms with E-state index in [-0.39, 0.29) is 17.9 Å². The molecular weight excluding hydrogens is 203 g/mol. The van der Waals surface area contributed by atoms with E-state index in [9.17, 15) is 14.5 Å². The molecule has 6 heteroatoms. The molecule has 1 aromatic rings. The van der Waals surface area contributed by atoms with Crippen molar-refractivity contribution in [3.05, 3.63) is 39.7 Å². The van der Waals surface area contributed by atoms with Gasteiger partial charge in [-0.1, -0.05) is 12.2 Å². The zero-order chi connectivity index (χ0) is 11.4. The lowest BCUT2D eigenvalue weighted by Crippen LogP contribution is -1.99. The monoisotopic (exact) mass is 212 g/mol. The normalized spacial score (nSPS) is 10.8. The van der Waals surface area contributed by atoms with E-state index < -0.39 is 16.4 Å². The van der Waals surface area contributed by atoms with Crippen molar-refractivity contribution in [1.82, 2.24) is 0 Å². The van der Waals surface area contributed by atoms with Crippen LogP contribution in [0.2, 0.25) is 0 Å². The molecule has 1 rings (SSSR count). The van der Waals surface area contributed by atoms with E-state index in [0.717, 1.165) is 12.1 Å². The zero-order valence-corrected chi connectivity index (χ0v) is 7.68. The Morgan fingerprint density at radius 1 is 1.60 bits per heavy atom. The fraction of sp³-hybridized carbons (Fsp3) is 0.111. The smallest absolute Gasteiger partial charge is 0.295 e. The number of nitro groups is 1. The highest BCUT2D eigenvalue weighted by molar-refractivity contribution is 5.73. The van der Waals surface area contributed by atoms with Gasteiger partial charge in [0.15, 0.2) is 0 Å². The number of anilines is 1. The number of aliphatic hydroxyl groups is 1. The Bertz CT molecular complexity index is 418. The van der Waals surface area contributed by atoms with Crippen LogP contribution in [0.3, 0.4) is 0 Å². The SMILES string of the molecule is Nc1c(C=CCO)cc(F)cc1[N+](=O)[O-]. The summed E-state index contributed by atoms with van der Waals surface area (Å²) in [4.78, 5) is 9.73. The second-order valence-electron chi connectivity index (χ2n) is 2.77. The van der Waals surface area contributed by atoms with Crippen molar-refractivity contribution in [2.45, 2.75) is 0 Å². The van der Waals surface area contributed by atoms with Gasteiger partial charge in [-0.25, -0.2) is 4.39 Å². The molecule has 0 aliphatic carbocycles. The Hall–Kier alpha value is -1.95. The maximum atomic E-state index is 12.9. The van der Waals surface area contributed by atoms with Gasteiger partial charge in [-0.2, -0.15) is 0 Å². The fourth-order valence-corrected chi connectivity index (χ4v) is 1.09. The van der Waals surface area contributed by atoms with Crippen LogP contribution in [0.25, 0.3) is 6.08 Å². The van der Waals surface area contributed by atoms with E-state index in [2.05, 4.69) is 0 Å². The first-order chi connectivity index (χ1) is 7.06. The number of nitrogens with zero attached hydrogens (tertiary/aromatic N) is 1. The maximum Gasteiger partial charge on any atom is 0.295 e. The molecule has 0 saturated heterocycles. The lowest BCUT2D eigenvalue weighted by Gasteiger charge is -2.01. The summed E-state index contributed by atoms with van der Waals surface area (Å²) in [6, 6.07) is 1.82. The molecule has 15 heavy (non-hydrogen) atoms. The predicted molar refractivity (Wildman–Crippen MR) is 53.6 cm³/mol. The van der Waals surface area contributed by atoms with Crippen molar-refractivity contribution in [3.63, 3.8) is 0 Å². The molecule has 5 nitrogen and oxygen atoms in total. The van der Waals surface area contributed by atoms with Crippen LogP contribution in [0.5, 0.6) is 0 Å². The van der Waals surface area contributed by atoms with Crippen LogP contribution in [-0.4, -0.2) is 16.6 Å². The molecule has 0 heterocycles. The van der Waals surface area contributed by atoms with Gasteiger partial charge in [-0.3, -0.25) is 10.1 Å². The maximum absolute atomic E-state index is 12.9. The number of hydrogen-bond acceptors (Lipinski definition) is 4. The summed E-state index contributed by atoms with van der Waals surface area (Å²) in [5, 5.41) is 19.0. The molecule has 80 valence electrons. The first-order valence-electron chi connectivity index (χ1n) is 4.07. The van der Waals surface area contributed by atoms with Crippen LogP contribution in [0.1, 0.15) is 5.56 Å². The molecule has 3 N–H and O–H groups in total. The van der Waals surface area contributed by atoms with Gasteiger partial charge in [-0.15, -0.1) is 0 Å². The molecule has 0 fully saturated rings. The highest BCUT2D eigenvalue weighted by atomic mass is 19.1. The van der Waals surface area contributed by atoms with Gasteiger partial charge in [-0.05, 0) is 6.07 Å². The van der Waals surface area contributed by atoms with Gasteiger partial charge in [0.05, 0.1) is 17.6 Å². The Morgan fingerprint density at radius 2 is 2.27 bits per heavy atom. The first kappa shape index (κ1) is 11.1. The molecule has 0 aliphatic rings. The summed E-state index contributed by atoms with van der Waals surface area (Å²) >= 11 is 0. The lowest BCUT2D eigenvalue weighted by atomic mass is 10.1. The van der Waals surface area contributed by atoms with E-state index in [4.69, 9.17) is 10.8 Å². The molecular formula is C9H9FN2O3. The quantitative estimate of drug-likeness (QED) is 0.449. The van der Waals surface area contributed by atoms with E-state index in [1.807, 2.05) is 0 Å². The van der Waals surface area contributed by atoms with E-state index in [0.29, 0.717) is 0 Å². The van der Waals surface area contributed by atoms with E-state index >= 15 is 0 Å². The Balaban J connectivity index is 3.28. The summed E-state index contributed by atoms with van der Waals surface area (Å²) in [6.45, 7) is -0.246. The number of hydrogen-bond donors (Lipinski definition) is 2. The Morgan fingerprint density at radius 3 is 2.80 bits per heavy atom. The number of nitro benzene ring substituents is 1. The molecule has 0 radical (unpaired) electrons. The number of nitrogen functional groups attached to an aromatic ring is 1. The first-order valence-corrected chi connectivity index (χ1v) is 4.07.